The van der Waals surface area contributed by atoms with Gasteiger partial charge in [0.15, 0.2) is 0 Å². The molecule has 0 bridgehead atoms. The number of carbonyl (C=O) groups excluding carboxylic acids is 1. The third kappa shape index (κ3) is 4.55. The molecule has 0 spiro atoms. The Bertz CT molecular complexity index is 358. The Hall–Kier alpha value is -1.20. The minimum atomic E-state index is -0.477. The first-order valence-electron chi connectivity index (χ1n) is 5.37. The van der Waals surface area contributed by atoms with Crippen LogP contribution in [0.4, 0.5) is 0 Å². The van der Waals surface area contributed by atoms with E-state index in [4.69, 9.17) is 16.3 Å². The Kier molecular flexibility index (Phi) is 5.74. The van der Waals surface area contributed by atoms with E-state index in [9.17, 15) is 4.79 Å². The van der Waals surface area contributed by atoms with Crippen molar-refractivity contribution < 1.29 is 9.53 Å². The quantitative estimate of drug-likeness (QED) is 0.320. The van der Waals surface area contributed by atoms with E-state index in [1.807, 2.05) is 18.2 Å². The Labute approximate surface area is 101 Å². The van der Waals surface area contributed by atoms with Crippen LogP contribution in [0.1, 0.15) is 19.8 Å². The van der Waals surface area contributed by atoms with E-state index in [0.717, 1.165) is 18.4 Å². The first kappa shape index (κ1) is 12.9. The van der Waals surface area contributed by atoms with E-state index >= 15 is 0 Å². The molecule has 1 rings (SSSR count). The molecular formula is C13H15ClO2. The molecule has 86 valence electrons. The Morgan fingerprint density at radius 3 is 3.12 bits per heavy atom. The van der Waals surface area contributed by atoms with Gasteiger partial charge < -0.3 is 4.74 Å². The molecule has 16 heavy (non-hydrogen) atoms. The summed E-state index contributed by atoms with van der Waals surface area (Å²) < 4.78 is 4.72. The van der Waals surface area contributed by atoms with Gasteiger partial charge in [-0.15, -0.1) is 11.6 Å². The molecule has 0 aliphatic heterocycles. The van der Waals surface area contributed by atoms with Gasteiger partial charge >= 0.3 is 5.97 Å². The molecule has 1 atom stereocenters. The van der Waals surface area contributed by atoms with Crippen molar-refractivity contribution in [3.05, 3.63) is 23.8 Å². The van der Waals surface area contributed by atoms with Crippen molar-refractivity contribution in [1.29, 1.82) is 0 Å². The number of esters is 1. The summed E-state index contributed by atoms with van der Waals surface area (Å²) >= 11 is 5.80. The SMILES string of the molecule is CCOC(=O)C#CC1=CCC(CCl)CC=C1. The molecule has 0 saturated heterocycles. The van der Waals surface area contributed by atoms with Gasteiger partial charge in [0.1, 0.15) is 0 Å². The van der Waals surface area contributed by atoms with Crippen molar-refractivity contribution in [1.82, 2.24) is 0 Å². The number of carbonyl (C=O) groups is 1. The van der Waals surface area contributed by atoms with Crippen molar-refractivity contribution in [2.75, 3.05) is 12.5 Å². The van der Waals surface area contributed by atoms with Gasteiger partial charge in [0.2, 0.25) is 0 Å². The lowest BCUT2D eigenvalue weighted by Gasteiger charge is -2.04. The first-order valence-corrected chi connectivity index (χ1v) is 5.91. The summed E-state index contributed by atoms with van der Waals surface area (Å²) in [6.45, 7) is 2.12. The average molecular weight is 239 g/mol. The van der Waals surface area contributed by atoms with Crippen LogP contribution in [0, 0.1) is 17.8 Å². The summed E-state index contributed by atoms with van der Waals surface area (Å²) in [5, 5.41) is 0. The second kappa shape index (κ2) is 7.14. The molecule has 1 aliphatic carbocycles. The standard InChI is InChI=1S/C13H15ClO2/c1-2-16-13(15)9-8-11-4-3-5-12(10-14)7-6-11/h3-4,6,12H,2,5,7,10H2,1H3. The van der Waals surface area contributed by atoms with Crippen molar-refractivity contribution in [2.45, 2.75) is 19.8 Å². The van der Waals surface area contributed by atoms with E-state index in [2.05, 4.69) is 11.8 Å². The van der Waals surface area contributed by atoms with Crippen LogP contribution in [0.3, 0.4) is 0 Å². The first-order chi connectivity index (χ1) is 7.76. The number of halogens is 1. The van der Waals surface area contributed by atoms with E-state index < -0.39 is 5.97 Å². The van der Waals surface area contributed by atoms with Gasteiger partial charge in [-0.25, -0.2) is 4.79 Å². The molecule has 0 N–H and O–H groups in total. The van der Waals surface area contributed by atoms with Crippen molar-refractivity contribution in [3.8, 4) is 11.8 Å². The minimum absolute atomic E-state index is 0.358. The van der Waals surface area contributed by atoms with Crippen molar-refractivity contribution >= 4 is 17.6 Å². The van der Waals surface area contributed by atoms with Gasteiger partial charge in [-0.05, 0) is 25.7 Å². The summed E-state index contributed by atoms with van der Waals surface area (Å²) in [7, 11) is 0. The molecule has 3 heteroatoms. The highest BCUT2D eigenvalue weighted by Gasteiger charge is 2.06. The number of allylic oxidation sites excluding steroid dienone is 4. The molecule has 1 unspecified atom stereocenters. The lowest BCUT2D eigenvalue weighted by atomic mass is 10.1. The van der Waals surface area contributed by atoms with Crippen LogP contribution >= 0.6 is 11.6 Å². The van der Waals surface area contributed by atoms with E-state index in [1.165, 1.54) is 0 Å². The highest BCUT2D eigenvalue weighted by Crippen LogP contribution is 2.17. The molecule has 0 aromatic rings. The maximum Gasteiger partial charge on any atom is 0.384 e. The zero-order valence-electron chi connectivity index (χ0n) is 9.33. The van der Waals surface area contributed by atoms with E-state index in [1.54, 1.807) is 6.92 Å². The van der Waals surface area contributed by atoms with Gasteiger partial charge in [-0.3, -0.25) is 0 Å². The van der Waals surface area contributed by atoms with Crippen molar-refractivity contribution in [3.63, 3.8) is 0 Å². The minimum Gasteiger partial charge on any atom is -0.456 e. The van der Waals surface area contributed by atoms with Crippen LogP contribution < -0.4 is 0 Å². The Balaban J connectivity index is 2.60. The third-order valence-corrected chi connectivity index (χ3v) is 2.68. The fraction of sp³-hybridized carbons (Fsp3) is 0.462. The molecule has 0 saturated carbocycles. The largest absolute Gasteiger partial charge is 0.456 e. The number of hydrogen-bond acceptors (Lipinski definition) is 2. The zero-order valence-corrected chi connectivity index (χ0v) is 10.1. The smallest absolute Gasteiger partial charge is 0.384 e. The van der Waals surface area contributed by atoms with E-state index in [-0.39, 0.29) is 0 Å². The maximum atomic E-state index is 11.0. The maximum absolute atomic E-state index is 11.0. The summed E-state index contributed by atoms with van der Waals surface area (Å²) in [6, 6.07) is 0. The number of rotatable bonds is 2. The molecule has 0 aromatic heterocycles. The predicted molar refractivity (Wildman–Crippen MR) is 65.1 cm³/mol. The van der Waals surface area contributed by atoms with Crippen LogP contribution in [-0.2, 0) is 9.53 Å². The Morgan fingerprint density at radius 1 is 1.62 bits per heavy atom. The molecule has 1 aliphatic rings. The number of hydrogen-bond donors (Lipinski definition) is 0. The van der Waals surface area contributed by atoms with Gasteiger partial charge in [0.25, 0.3) is 0 Å². The van der Waals surface area contributed by atoms with Crippen LogP contribution in [-0.4, -0.2) is 18.5 Å². The normalized spacial score (nSPS) is 19.1. The second-order valence-electron chi connectivity index (χ2n) is 3.52. The van der Waals surface area contributed by atoms with Gasteiger partial charge in [0.05, 0.1) is 6.61 Å². The number of ether oxygens (including phenoxy) is 1. The van der Waals surface area contributed by atoms with Gasteiger partial charge in [-0.1, -0.05) is 24.1 Å². The Morgan fingerprint density at radius 2 is 2.44 bits per heavy atom. The number of alkyl halides is 1. The predicted octanol–water partition coefficient (Wildman–Crippen LogP) is 2.68. The third-order valence-electron chi connectivity index (χ3n) is 2.24. The molecule has 0 heterocycles. The van der Waals surface area contributed by atoms with Crippen molar-refractivity contribution in [2.24, 2.45) is 5.92 Å². The average Bonchev–Trinajstić information content (AvgIpc) is 2.51. The molecule has 0 amide bonds. The van der Waals surface area contributed by atoms with Gasteiger partial charge in [0, 0.05) is 17.4 Å². The molecule has 0 aromatic carbocycles. The fourth-order valence-electron chi connectivity index (χ4n) is 1.35. The molecule has 0 fully saturated rings. The van der Waals surface area contributed by atoms with E-state index in [0.29, 0.717) is 18.4 Å². The fourth-order valence-corrected chi connectivity index (χ4v) is 1.61. The highest BCUT2D eigenvalue weighted by molar-refractivity contribution is 6.18. The topological polar surface area (TPSA) is 26.3 Å². The lowest BCUT2D eigenvalue weighted by Crippen LogP contribution is -1.99. The second-order valence-corrected chi connectivity index (χ2v) is 3.83. The van der Waals surface area contributed by atoms with Crippen LogP contribution in [0.2, 0.25) is 0 Å². The monoisotopic (exact) mass is 238 g/mol. The molecule has 0 radical (unpaired) electrons. The molecular weight excluding hydrogens is 224 g/mol. The van der Waals surface area contributed by atoms with Crippen LogP contribution in [0.5, 0.6) is 0 Å². The van der Waals surface area contributed by atoms with Crippen LogP contribution in [0.25, 0.3) is 0 Å². The summed E-state index contributed by atoms with van der Waals surface area (Å²) in [4.78, 5) is 11.0. The lowest BCUT2D eigenvalue weighted by molar-refractivity contribution is -0.136. The zero-order chi connectivity index (χ0) is 11.8. The van der Waals surface area contributed by atoms with Gasteiger partial charge in [-0.2, -0.15) is 0 Å². The summed E-state index contributed by atoms with van der Waals surface area (Å²) in [5.74, 6) is 5.90. The summed E-state index contributed by atoms with van der Waals surface area (Å²) in [5.41, 5.74) is 0.862. The summed E-state index contributed by atoms with van der Waals surface area (Å²) in [6.07, 6.45) is 7.86. The highest BCUT2D eigenvalue weighted by atomic mass is 35.5. The molecule has 2 nitrogen and oxygen atoms in total. The van der Waals surface area contributed by atoms with Crippen LogP contribution in [0.15, 0.2) is 23.8 Å².